The van der Waals surface area contributed by atoms with Crippen LogP contribution in [0.2, 0.25) is 0 Å². The lowest BCUT2D eigenvalue weighted by molar-refractivity contribution is 0.0781. The molecule has 0 bridgehead atoms. The van der Waals surface area contributed by atoms with Gasteiger partial charge in [0.15, 0.2) is 0 Å². The van der Waals surface area contributed by atoms with Gasteiger partial charge < -0.3 is 4.90 Å². The Kier molecular flexibility index (Phi) is 4.04. The van der Waals surface area contributed by atoms with Gasteiger partial charge in [-0.1, -0.05) is 13.8 Å². The molecule has 0 aromatic carbocycles. The van der Waals surface area contributed by atoms with Crippen LogP contribution in [0, 0.1) is 13.8 Å². The summed E-state index contributed by atoms with van der Waals surface area (Å²) in [5, 5.41) is 7.46. The summed E-state index contributed by atoms with van der Waals surface area (Å²) in [6.07, 6.45) is 0.953. The van der Waals surface area contributed by atoms with Gasteiger partial charge in [0, 0.05) is 30.1 Å². The summed E-state index contributed by atoms with van der Waals surface area (Å²) < 4.78 is 2.06. The zero-order valence-corrected chi connectivity index (χ0v) is 14.4. The normalized spacial score (nSPS) is 18.4. The number of hydrogen-bond donors (Lipinski definition) is 0. The molecule has 0 spiro atoms. The SMILES string of the molecule is Cc1cc(C)n([C@H]2CCN(C(=O)c3csc(C(C)C)n3)C2)n1. The van der Waals surface area contributed by atoms with Crippen LogP contribution < -0.4 is 0 Å². The van der Waals surface area contributed by atoms with Gasteiger partial charge in [0.2, 0.25) is 0 Å². The van der Waals surface area contributed by atoms with E-state index in [0.29, 0.717) is 11.6 Å². The molecule has 3 rings (SSSR count). The second kappa shape index (κ2) is 5.83. The fraction of sp³-hybridized carbons (Fsp3) is 0.562. The summed E-state index contributed by atoms with van der Waals surface area (Å²) >= 11 is 1.57. The quantitative estimate of drug-likeness (QED) is 0.873. The van der Waals surface area contributed by atoms with Crippen LogP contribution in [0.5, 0.6) is 0 Å². The van der Waals surface area contributed by atoms with E-state index < -0.39 is 0 Å². The van der Waals surface area contributed by atoms with Crippen molar-refractivity contribution >= 4 is 17.2 Å². The van der Waals surface area contributed by atoms with Crippen molar-refractivity contribution < 1.29 is 4.79 Å². The molecule has 0 saturated carbocycles. The Morgan fingerprint density at radius 1 is 1.41 bits per heavy atom. The zero-order valence-electron chi connectivity index (χ0n) is 13.5. The molecule has 0 unspecified atom stereocenters. The summed E-state index contributed by atoms with van der Waals surface area (Å²) in [6, 6.07) is 2.36. The van der Waals surface area contributed by atoms with Crippen molar-refractivity contribution in [3.8, 4) is 0 Å². The minimum Gasteiger partial charge on any atom is -0.335 e. The first-order chi connectivity index (χ1) is 10.5. The summed E-state index contributed by atoms with van der Waals surface area (Å²) in [5.74, 6) is 0.416. The summed E-state index contributed by atoms with van der Waals surface area (Å²) in [4.78, 5) is 19.0. The average molecular weight is 318 g/mol. The fourth-order valence-corrected chi connectivity index (χ4v) is 3.76. The van der Waals surface area contributed by atoms with Crippen LogP contribution in [-0.4, -0.2) is 38.7 Å². The van der Waals surface area contributed by atoms with Gasteiger partial charge in [0.1, 0.15) is 5.69 Å². The number of amides is 1. The van der Waals surface area contributed by atoms with Crippen LogP contribution in [-0.2, 0) is 0 Å². The van der Waals surface area contributed by atoms with Crippen LogP contribution >= 0.6 is 11.3 Å². The number of nitrogens with zero attached hydrogens (tertiary/aromatic N) is 4. The number of rotatable bonds is 3. The maximum Gasteiger partial charge on any atom is 0.273 e. The maximum atomic E-state index is 12.6. The molecule has 22 heavy (non-hydrogen) atoms. The molecule has 5 nitrogen and oxygen atoms in total. The van der Waals surface area contributed by atoms with E-state index in [-0.39, 0.29) is 11.9 Å². The highest BCUT2D eigenvalue weighted by atomic mass is 32.1. The molecule has 1 fully saturated rings. The van der Waals surface area contributed by atoms with Crippen molar-refractivity contribution in [3.63, 3.8) is 0 Å². The molecule has 1 aliphatic heterocycles. The minimum absolute atomic E-state index is 0.0483. The van der Waals surface area contributed by atoms with E-state index in [0.717, 1.165) is 35.9 Å². The van der Waals surface area contributed by atoms with Gasteiger partial charge in [-0.3, -0.25) is 9.48 Å². The topological polar surface area (TPSA) is 51.0 Å². The lowest BCUT2D eigenvalue weighted by Gasteiger charge is -2.16. The molecule has 1 saturated heterocycles. The third-order valence-electron chi connectivity index (χ3n) is 4.08. The Bertz CT molecular complexity index is 688. The molecule has 1 atom stereocenters. The molecule has 2 aromatic rings. The standard InChI is InChI=1S/C16H22N4OS/c1-10(2)15-17-14(9-22-15)16(21)19-6-5-13(8-19)20-12(4)7-11(3)18-20/h7,9-10,13H,5-6,8H2,1-4H3/t13-/m0/s1. The van der Waals surface area contributed by atoms with E-state index in [4.69, 9.17) is 0 Å². The molecular weight excluding hydrogens is 296 g/mol. The average Bonchev–Trinajstić information content (AvgIpc) is 3.16. The number of carbonyl (C=O) groups is 1. The Morgan fingerprint density at radius 2 is 2.18 bits per heavy atom. The minimum atomic E-state index is 0.0483. The first-order valence-electron chi connectivity index (χ1n) is 7.73. The van der Waals surface area contributed by atoms with Crippen molar-refractivity contribution in [1.29, 1.82) is 0 Å². The van der Waals surface area contributed by atoms with E-state index in [9.17, 15) is 4.79 Å². The van der Waals surface area contributed by atoms with Crippen molar-refractivity contribution in [2.45, 2.75) is 46.1 Å². The monoisotopic (exact) mass is 318 g/mol. The van der Waals surface area contributed by atoms with Crippen LogP contribution in [0.4, 0.5) is 0 Å². The highest BCUT2D eigenvalue weighted by Gasteiger charge is 2.30. The highest BCUT2D eigenvalue weighted by molar-refractivity contribution is 7.09. The van der Waals surface area contributed by atoms with E-state index in [1.54, 1.807) is 11.3 Å². The fourth-order valence-electron chi connectivity index (χ4n) is 2.95. The number of carbonyl (C=O) groups excluding carboxylic acids is 1. The van der Waals surface area contributed by atoms with Gasteiger partial charge in [-0.2, -0.15) is 5.10 Å². The number of aryl methyl sites for hydroxylation is 2. The maximum absolute atomic E-state index is 12.6. The van der Waals surface area contributed by atoms with Crippen molar-refractivity contribution in [2.24, 2.45) is 0 Å². The van der Waals surface area contributed by atoms with Crippen molar-refractivity contribution in [3.05, 3.63) is 33.5 Å². The van der Waals surface area contributed by atoms with Gasteiger partial charge in [0.05, 0.1) is 16.7 Å². The summed E-state index contributed by atoms with van der Waals surface area (Å²) in [7, 11) is 0. The number of likely N-dealkylation sites (tertiary alicyclic amines) is 1. The first kappa shape index (κ1) is 15.2. The van der Waals surface area contributed by atoms with Gasteiger partial charge in [-0.15, -0.1) is 11.3 Å². The summed E-state index contributed by atoms with van der Waals surface area (Å²) in [5.41, 5.74) is 2.78. The van der Waals surface area contributed by atoms with Gasteiger partial charge >= 0.3 is 0 Å². The zero-order chi connectivity index (χ0) is 15.9. The van der Waals surface area contributed by atoms with Crippen LogP contribution in [0.3, 0.4) is 0 Å². The van der Waals surface area contributed by atoms with E-state index in [1.165, 1.54) is 0 Å². The third-order valence-corrected chi connectivity index (χ3v) is 5.22. The Morgan fingerprint density at radius 3 is 2.77 bits per heavy atom. The second-order valence-corrected chi connectivity index (χ2v) is 7.18. The van der Waals surface area contributed by atoms with Gasteiger partial charge in [-0.25, -0.2) is 4.98 Å². The molecule has 0 N–H and O–H groups in total. The smallest absolute Gasteiger partial charge is 0.273 e. The predicted octanol–water partition coefficient (Wildman–Crippen LogP) is 3.17. The van der Waals surface area contributed by atoms with Crippen molar-refractivity contribution in [1.82, 2.24) is 19.7 Å². The molecule has 3 heterocycles. The lowest BCUT2D eigenvalue weighted by atomic mass is 10.2. The second-order valence-electron chi connectivity index (χ2n) is 6.29. The van der Waals surface area contributed by atoms with Crippen LogP contribution in [0.1, 0.15) is 59.1 Å². The van der Waals surface area contributed by atoms with Gasteiger partial charge in [-0.05, 0) is 26.3 Å². The summed E-state index contributed by atoms with van der Waals surface area (Å²) in [6.45, 7) is 9.76. The number of thiazole rings is 1. The lowest BCUT2D eigenvalue weighted by Crippen LogP contribution is -2.29. The molecular formula is C16H22N4OS. The predicted molar refractivity (Wildman–Crippen MR) is 87.5 cm³/mol. The Balaban J connectivity index is 1.71. The first-order valence-corrected chi connectivity index (χ1v) is 8.61. The molecule has 0 aliphatic carbocycles. The highest BCUT2D eigenvalue weighted by Crippen LogP contribution is 2.26. The molecule has 2 aromatic heterocycles. The van der Waals surface area contributed by atoms with E-state index >= 15 is 0 Å². The molecule has 1 amide bonds. The largest absolute Gasteiger partial charge is 0.335 e. The Labute approximate surface area is 135 Å². The third kappa shape index (κ3) is 2.79. The van der Waals surface area contributed by atoms with E-state index in [1.807, 2.05) is 17.2 Å². The van der Waals surface area contributed by atoms with Crippen LogP contribution in [0.25, 0.3) is 0 Å². The number of aromatic nitrogens is 3. The van der Waals surface area contributed by atoms with E-state index in [2.05, 4.69) is 41.6 Å². The molecule has 0 radical (unpaired) electrons. The van der Waals surface area contributed by atoms with Crippen LogP contribution in [0.15, 0.2) is 11.4 Å². The Hall–Kier alpha value is -1.69. The number of hydrogen-bond acceptors (Lipinski definition) is 4. The van der Waals surface area contributed by atoms with Crippen molar-refractivity contribution in [2.75, 3.05) is 13.1 Å². The molecule has 1 aliphatic rings. The molecule has 118 valence electrons. The van der Waals surface area contributed by atoms with Gasteiger partial charge in [0.25, 0.3) is 5.91 Å². The molecule has 6 heteroatoms.